The highest BCUT2D eigenvalue weighted by molar-refractivity contribution is 5.77. The molecule has 2 fully saturated rings. The highest BCUT2D eigenvalue weighted by Crippen LogP contribution is 2.11. The van der Waals surface area contributed by atoms with Crippen LogP contribution in [-0.4, -0.2) is 85.4 Å². The zero-order valence-electron chi connectivity index (χ0n) is 13.0. The first-order valence-electron chi connectivity index (χ1n) is 8.06. The number of morpholine rings is 1. The Morgan fingerprint density at radius 3 is 2.59 bits per heavy atom. The topological polar surface area (TPSA) is 79.3 Å². The predicted octanol–water partition coefficient (Wildman–Crippen LogP) is 0.191. The van der Waals surface area contributed by atoms with Gasteiger partial charge in [0.25, 0.3) is 0 Å². The molecule has 0 spiro atoms. The predicted molar refractivity (Wildman–Crippen MR) is 79.7 cm³/mol. The molecule has 0 radical (unpaired) electrons. The van der Waals surface area contributed by atoms with Crippen LogP contribution in [-0.2, 0) is 19.1 Å². The van der Waals surface area contributed by atoms with Crippen molar-refractivity contribution in [2.45, 2.75) is 31.8 Å². The summed E-state index contributed by atoms with van der Waals surface area (Å²) < 4.78 is 11.2. The molecule has 2 saturated heterocycles. The molecule has 7 heteroatoms. The lowest BCUT2D eigenvalue weighted by molar-refractivity contribution is -0.137. The van der Waals surface area contributed by atoms with Gasteiger partial charge in [-0.1, -0.05) is 0 Å². The number of ether oxygens (including phenoxy) is 2. The number of amides is 1. The zero-order valence-corrected chi connectivity index (χ0v) is 13.0. The van der Waals surface area contributed by atoms with Crippen LogP contribution in [0.25, 0.3) is 0 Å². The summed E-state index contributed by atoms with van der Waals surface area (Å²) in [5.74, 6) is -0.809. The molecular formula is C15H26N2O5. The van der Waals surface area contributed by atoms with E-state index in [0.717, 1.165) is 39.3 Å². The average molecular weight is 314 g/mol. The van der Waals surface area contributed by atoms with Gasteiger partial charge in [0.2, 0.25) is 5.91 Å². The van der Waals surface area contributed by atoms with E-state index < -0.39 is 5.97 Å². The molecule has 2 aliphatic rings. The lowest BCUT2D eigenvalue weighted by atomic mass is 10.2. The van der Waals surface area contributed by atoms with Crippen molar-refractivity contribution in [3.63, 3.8) is 0 Å². The van der Waals surface area contributed by atoms with Gasteiger partial charge in [0, 0.05) is 52.2 Å². The monoisotopic (exact) mass is 314 g/mol. The summed E-state index contributed by atoms with van der Waals surface area (Å²) in [7, 11) is 0. The summed E-state index contributed by atoms with van der Waals surface area (Å²) in [4.78, 5) is 26.9. The molecular weight excluding hydrogens is 288 g/mol. The third kappa shape index (κ3) is 5.90. The molecule has 22 heavy (non-hydrogen) atoms. The zero-order chi connectivity index (χ0) is 15.8. The van der Waals surface area contributed by atoms with E-state index in [4.69, 9.17) is 14.6 Å². The second-order valence-electron chi connectivity index (χ2n) is 5.85. The van der Waals surface area contributed by atoms with E-state index in [1.165, 1.54) is 0 Å². The second kappa shape index (κ2) is 9.07. The fourth-order valence-electron chi connectivity index (χ4n) is 2.85. The normalized spacial score (nSPS) is 24.0. The molecule has 0 aromatic rings. The minimum atomic E-state index is -0.850. The van der Waals surface area contributed by atoms with Crippen LogP contribution in [0.5, 0.6) is 0 Å². The number of carbonyl (C=O) groups is 2. The van der Waals surface area contributed by atoms with Gasteiger partial charge < -0.3 is 19.5 Å². The second-order valence-corrected chi connectivity index (χ2v) is 5.85. The van der Waals surface area contributed by atoms with Crippen molar-refractivity contribution in [3.8, 4) is 0 Å². The maximum absolute atomic E-state index is 12.2. The standard InChI is InChI=1S/C15H26N2O5/c18-14(3-1-4-15(19)20)17-5-2-8-22-13(12-17)11-16-6-9-21-10-7-16/h13H,1-12H2,(H,19,20)/t13-/m0/s1. The summed E-state index contributed by atoms with van der Waals surface area (Å²) in [6, 6.07) is 0. The molecule has 0 saturated carbocycles. The van der Waals surface area contributed by atoms with Crippen molar-refractivity contribution in [2.24, 2.45) is 0 Å². The third-order valence-electron chi connectivity index (χ3n) is 4.05. The van der Waals surface area contributed by atoms with Crippen LogP contribution in [0.15, 0.2) is 0 Å². The smallest absolute Gasteiger partial charge is 0.303 e. The first kappa shape index (κ1) is 17.2. The lowest BCUT2D eigenvalue weighted by Crippen LogP contribution is -2.45. The Labute approximate surface area is 131 Å². The Bertz CT molecular complexity index is 371. The first-order valence-corrected chi connectivity index (χ1v) is 8.06. The number of hydrogen-bond acceptors (Lipinski definition) is 5. The van der Waals surface area contributed by atoms with Crippen LogP contribution < -0.4 is 0 Å². The van der Waals surface area contributed by atoms with Crippen molar-refractivity contribution in [1.82, 2.24) is 9.80 Å². The Kier molecular flexibility index (Phi) is 7.08. The Hall–Kier alpha value is -1.18. The molecule has 0 aromatic carbocycles. The van der Waals surface area contributed by atoms with Crippen LogP contribution in [0.4, 0.5) is 0 Å². The molecule has 7 nitrogen and oxygen atoms in total. The molecule has 0 bridgehead atoms. The molecule has 2 heterocycles. The van der Waals surface area contributed by atoms with Gasteiger partial charge in [-0.25, -0.2) is 0 Å². The highest BCUT2D eigenvalue weighted by Gasteiger charge is 2.24. The molecule has 1 atom stereocenters. The number of aliphatic carboxylic acids is 1. The average Bonchev–Trinajstić information content (AvgIpc) is 2.73. The van der Waals surface area contributed by atoms with Crippen LogP contribution >= 0.6 is 0 Å². The number of carbonyl (C=O) groups excluding carboxylic acids is 1. The molecule has 0 aromatic heterocycles. The van der Waals surface area contributed by atoms with Crippen molar-refractivity contribution in [2.75, 3.05) is 52.5 Å². The van der Waals surface area contributed by atoms with Gasteiger partial charge in [-0.2, -0.15) is 0 Å². The van der Waals surface area contributed by atoms with E-state index in [1.807, 2.05) is 4.90 Å². The molecule has 1 N–H and O–H groups in total. The molecule has 2 aliphatic heterocycles. The lowest BCUT2D eigenvalue weighted by Gasteiger charge is -2.31. The van der Waals surface area contributed by atoms with Crippen molar-refractivity contribution in [3.05, 3.63) is 0 Å². The number of hydrogen-bond donors (Lipinski definition) is 1. The Balaban J connectivity index is 1.78. The molecule has 0 aliphatic carbocycles. The quantitative estimate of drug-likeness (QED) is 0.754. The van der Waals surface area contributed by atoms with Gasteiger partial charge in [-0.3, -0.25) is 14.5 Å². The van der Waals surface area contributed by atoms with Gasteiger partial charge in [-0.05, 0) is 12.8 Å². The SMILES string of the molecule is O=C(O)CCCC(=O)N1CCCO[C@@H](CN2CCOCC2)C1. The molecule has 1 amide bonds. The van der Waals surface area contributed by atoms with E-state index >= 15 is 0 Å². The third-order valence-corrected chi connectivity index (χ3v) is 4.05. The maximum atomic E-state index is 12.2. The van der Waals surface area contributed by atoms with E-state index in [2.05, 4.69) is 4.90 Å². The molecule has 2 rings (SSSR count). The minimum Gasteiger partial charge on any atom is -0.481 e. The highest BCUT2D eigenvalue weighted by atomic mass is 16.5. The van der Waals surface area contributed by atoms with Crippen molar-refractivity contribution < 1.29 is 24.2 Å². The summed E-state index contributed by atoms with van der Waals surface area (Å²) in [6.07, 6.45) is 1.62. The van der Waals surface area contributed by atoms with E-state index in [0.29, 0.717) is 32.5 Å². The number of rotatable bonds is 6. The van der Waals surface area contributed by atoms with E-state index in [-0.39, 0.29) is 18.4 Å². The van der Waals surface area contributed by atoms with Crippen LogP contribution in [0.1, 0.15) is 25.7 Å². The van der Waals surface area contributed by atoms with Crippen molar-refractivity contribution >= 4 is 11.9 Å². The van der Waals surface area contributed by atoms with Gasteiger partial charge in [0.05, 0.1) is 19.3 Å². The first-order chi connectivity index (χ1) is 10.6. The summed E-state index contributed by atoms with van der Waals surface area (Å²) in [5, 5.41) is 8.65. The number of nitrogens with zero attached hydrogens (tertiary/aromatic N) is 2. The maximum Gasteiger partial charge on any atom is 0.303 e. The summed E-state index contributed by atoms with van der Waals surface area (Å²) in [5.41, 5.74) is 0. The molecule has 0 unspecified atom stereocenters. The molecule has 126 valence electrons. The van der Waals surface area contributed by atoms with Gasteiger partial charge in [0.15, 0.2) is 0 Å². The van der Waals surface area contributed by atoms with Gasteiger partial charge in [-0.15, -0.1) is 0 Å². The summed E-state index contributed by atoms with van der Waals surface area (Å²) >= 11 is 0. The number of carboxylic acid groups (broad SMARTS) is 1. The van der Waals surface area contributed by atoms with Gasteiger partial charge >= 0.3 is 5.97 Å². The number of carboxylic acids is 1. The largest absolute Gasteiger partial charge is 0.481 e. The minimum absolute atomic E-state index is 0.0315. The fourth-order valence-corrected chi connectivity index (χ4v) is 2.85. The Morgan fingerprint density at radius 2 is 1.86 bits per heavy atom. The van der Waals surface area contributed by atoms with Crippen LogP contribution in [0.2, 0.25) is 0 Å². The van der Waals surface area contributed by atoms with Gasteiger partial charge in [0.1, 0.15) is 0 Å². The Morgan fingerprint density at radius 1 is 1.09 bits per heavy atom. The fraction of sp³-hybridized carbons (Fsp3) is 0.867. The van der Waals surface area contributed by atoms with Crippen LogP contribution in [0, 0.1) is 0 Å². The van der Waals surface area contributed by atoms with Crippen LogP contribution in [0.3, 0.4) is 0 Å². The van der Waals surface area contributed by atoms with Crippen molar-refractivity contribution in [1.29, 1.82) is 0 Å². The summed E-state index contributed by atoms with van der Waals surface area (Å²) in [6.45, 7) is 6.12. The van der Waals surface area contributed by atoms with E-state index in [1.54, 1.807) is 0 Å². The van der Waals surface area contributed by atoms with E-state index in [9.17, 15) is 9.59 Å².